The maximum atomic E-state index is 12.7. The molecule has 3 N–H and O–H groups in total. The van der Waals surface area contributed by atoms with Crippen molar-refractivity contribution in [2.24, 2.45) is 0 Å². The third-order valence-electron chi connectivity index (χ3n) is 6.08. The van der Waals surface area contributed by atoms with Gasteiger partial charge in [-0.05, 0) is 48.0 Å². The van der Waals surface area contributed by atoms with Crippen molar-refractivity contribution in [1.82, 2.24) is 25.5 Å². The Labute approximate surface area is 228 Å². The number of rotatable bonds is 11. The molecule has 0 fully saturated rings. The van der Waals surface area contributed by atoms with Gasteiger partial charge in [-0.3, -0.25) is 9.89 Å². The lowest BCUT2D eigenvalue weighted by Gasteiger charge is -2.14. The van der Waals surface area contributed by atoms with E-state index in [1.807, 2.05) is 54.7 Å². The normalized spacial score (nSPS) is 11.0. The number of carbonyl (C=O) groups excluding carboxylic acids is 1. The summed E-state index contributed by atoms with van der Waals surface area (Å²) in [5, 5.41) is 13.2. The minimum atomic E-state index is -1.18. The maximum Gasteiger partial charge on any atom is 0.258 e. The van der Waals surface area contributed by atoms with Crippen LogP contribution in [0.5, 0.6) is 11.5 Å². The Kier molecular flexibility index (Phi) is 8.10. The van der Waals surface area contributed by atoms with Gasteiger partial charge in [0.05, 0.1) is 24.9 Å². The van der Waals surface area contributed by atoms with Crippen molar-refractivity contribution in [3.05, 3.63) is 79.1 Å². The summed E-state index contributed by atoms with van der Waals surface area (Å²) in [5.74, 6) is 1.43. The second kappa shape index (κ2) is 12.2. The molecule has 2 heterocycles. The molecule has 204 valence electrons. The van der Waals surface area contributed by atoms with Gasteiger partial charge in [0.1, 0.15) is 30.7 Å². The molecule has 2 aromatic heterocycles. The summed E-state index contributed by atoms with van der Waals surface area (Å²) in [6.07, 6.45) is 3.59. The number of ether oxygens (including phenoxy) is 2. The van der Waals surface area contributed by atoms with Crippen LogP contribution in [0.3, 0.4) is 0 Å². The topological polar surface area (TPSA) is 114 Å². The molecule has 0 aliphatic carbocycles. The van der Waals surface area contributed by atoms with Crippen LogP contribution in [0.2, 0.25) is 0 Å². The molecule has 0 spiro atoms. The Bertz CT molecular complexity index is 1590. The largest absolute Gasteiger partial charge is 0.497 e. The smallest absolute Gasteiger partial charge is 0.258 e. The number of amides is 1. The quantitative estimate of drug-likeness (QED) is 0.208. The summed E-state index contributed by atoms with van der Waals surface area (Å²) >= 11 is 0. The average Bonchev–Trinajstić information content (AvgIpc) is 3.54. The second-order valence-electron chi connectivity index (χ2n) is 8.86. The van der Waals surface area contributed by atoms with Gasteiger partial charge in [-0.1, -0.05) is 24.3 Å². The highest BCUT2D eigenvalue weighted by Crippen LogP contribution is 2.31. The van der Waals surface area contributed by atoms with Gasteiger partial charge in [0.25, 0.3) is 5.91 Å². The van der Waals surface area contributed by atoms with Crippen molar-refractivity contribution in [2.45, 2.75) is 6.04 Å². The standard InChI is InChI=1S/C29H26F2N6O3/c1-39-23-9-10-26-25(12-23)29(35-21-7-5-18(6-8-21)20-15-32-33-16-20)37-28(36-26)19-3-2-4-24(11-19)40-17-27(38)34-22(13-30)14-31/h2-12,15-16,22H,13-14,17H2,1H3,(H,32,33)(H,34,38)(H,35,36,37). The Morgan fingerprint density at radius 3 is 2.50 bits per heavy atom. The molecule has 0 unspecified atom stereocenters. The molecule has 0 saturated heterocycles. The van der Waals surface area contributed by atoms with Gasteiger partial charge in [-0.15, -0.1) is 0 Å². The van der Waals surface area contributed by atoms with Crippen molar-refractivity contribution in [3.8, 4) is 34.0 Å². The van der Waals surface area contributed by atoms with Gasteiger partial charge in [-0.2, -0.15) is 5.10 Å². The Morgan fingerprint density at radius 2 is 1.77 bits per heavy atom. The highest BCUT2D eigenvalue weighted by Gasteiger charge is 2.14. The zero-order chi connectivity index (χ0) is 27.9. The number of hydrogen-bond donors (Lipinski definition) is 3. The molecule has 40 heavy (non-hydrogen) atoms. The van der Waals surface area contributed by atoms with E-state index in [0.29, 0.717) is 34.2 Å². The fraction of sp³-hybridized carbons (Fsp3) is 0.172. The molecule has 9 nitrogen and oxygen atoms in total. The summed E-state index contributed by atoms with van der Waals surface area (Å²) in [5.41, 5.74) is 4.17. The number of carbonyl (C=O) groups is 1. The first kappa shape index (κ1) is 26.5. The zero-order valence-corrected chi connectivity index (χ0v) is 21.5. The van der Waals surface area contributed by atoms with Crippen LogP contribution >= 0.6 is 0 Å². The molecular formula is C29H26F2N6O3. The fourth-order valence-corrected chi connectivity index (χ4v) is 4.01. The lowest BCUT2D eigenvalue weighted by molar-refractivity contribution is -0.124. The van der Waals surface area contributed by atoms with Crippen molar-refractivity contribution in [2.75, 3.05) is 32.4 Å². The number of nitrogens with one attached hydrogen (secondary N) is 3. The molecule has 1 amide bonds. The lowest BCUT2D eigenvalue weighted by Crippen LogP contribution is -2.40. The number of fused-ring (bicyclic) bond motifs is 1. The molecular weight excluding hydrogens is 518 g/mol. The van der Waals surface area contributed by atoms with E-state index < -0.39 is 25.3 Å². The van der Waals surface area contributed by atoms with Crippen molar-refractivity contribution in [3.63, 3.8) is 0 Å². The van der Waals surface area contributed by atoms with Crippen molar-refractivity contribution in [1.29, 1.82) is 0 Å². The van der Waals surface area contributed by atoms with Gasteiger partial charge < -0.3 is 20.1 Å². The molecule has 5 rings (SSSR count). The van der Waals surface area contributed by atoms with E-state index in [0.717, 1.165) is 22.2 Å². The predicted molar refractivity (Wildman–Crippen MR) is 148 cm³/mol. The van der Waals surface area contributed by atoms with Crippen LogP contribution in [0, 0.1) is 0 Å². The Balaban J connectivity index is 1.42. The van der Waals surface area contributed by atoms with E-state index in [1.54, 1.807) is 31.5 Å². The van der Waals surface area contributed by atoms with Crippen molar-refractivity contribution < 1.29 is 23.0 Å². The van der Waals surface area contributed by atoms with E-state index in [9.17, 15) is 13.6 Å². The van der Waals surface area contributed by atoms with Crippen LogP contribution in [-0.4, -0.2) is 59.2 Å². The highest BCUT2D eigenvalue weighted by molar-refractivity contribution is 5.93. The number of aromatic nitrogens is 4. The van der Waals surface area contributed by atoms with Crippen LogP contribution in [0.15, 0.2) is 79.1 Å². The number of hydrogen-bond acceptors (Lipinski definition) is 7. The first-order valence-corrected chi connectivity index (χ1v) is 12.4. The molecule has 0 radical (unpaired) electrons. The maximum absolute atomic E-state index is 12.7. The summed E-state index contributed by atoms with van der Waals surface area (Å²) in [6.45, 7) is -2.37. The Morgan fingerprint density at radius 1 is 0.950 bits per heavy atom. The summed E-state index contributed by atoms with van der Waals surface area (Å²) in [6, 6.07) is 19.2. The molecule has 3 aromatic carbocycles. The molecule has 11 heteroatoms. The van der Waals surface area contributed by atoms with Crippen LogP contribution in [0.1, 0.15) is 0 Å². The second-order valence-corrected chi connectivity index (χ2v) is 8.86. The third kappa shape index (κ3) is 6.15. The van der Waals surface area contributed by atoms with Gasteiger partial charge >= 0.3 is 0 Å². The molecule has 0 saturated carbocycles. The number of aromatic amines is 1. The van der Waals surface area contributed by atoms with Gasteiger partial charge in [0, 0.05) is 28.4 Å². The number of anilines is 2. The van der Waals surface area contributed by atoms with Gasteiger partial charge in [-0.25, -0.2) is 18.7 Å². The molecule has 0 atom stereocenters. The number of halogens is 2. The fourth-order valence-electron chi connectivity index (χ4n) is 4.01. The molecule has 0 aliphatic heterocycles. The van der Waals surface area contributed by atoms with Crippen LogP contribution in [0.4, 0.5) is 20.3 Å². The first-order valence-electron chi connectivity index (χ1n) is 12.4. The molecule has 5 aromatic rings. The monoisotopic (exact) mass is 544 g/mol. The summed E-state index contributed by atoms with van der Waals surface area (Å²) in [4.78, 5) is 21.5. The number of methoxy groups -OCH3 is 1. The van der Waals surface area contributed by atoms with Gasteiger partial charge in [0.15, 0.2) is 12.4 Å². The molecule has 0 aliphatic rings. The van der Waals surface area contributed by atoms with Crippen molar-refractivity contribution >= 4 is 28.3 Å². The number of nitrogens with zero attached hydrogens (tertiary/aromatic N) is 3. The number of benzene rings is 3. The minimum Gasteiger partial charge on any atom is -0.497 e. The summed E-state index contributed by atoms with van der Waals surface area (Å²) in [7, 11) is 1.60. The lowest BCUT2D eigenvalue weighted by atomic mass is 10.1. The van der Waals surface area contributed by atoms with E-state index in [-0.39, 0.29) is 6.61 Å². The highest BCUT2D eigenvalue weighted by atomic mass is 19.1. The van der Waals surface area contributed by atoms with E-state index >= 15 is 0 Å². The molecule has 0 bridgehead atoms. The number of H-pyrrole nitrogens is 1. The minimum absolute atomic E-state index is 0.382. The Hall–Kier alpha value is -5.06. The predicted octanol–water partition coefficient (Wildman–Crippen LogP) is 5.24. The SMILES string of the molecule is COc1ccc2nc(-c3cccc(OCC(=O)NC(CF)CF)c3)nc(Nc3ccc(-c4cn[nH]c4)cc3)c2c1. The average molecular weight is 545 g/mol. The van der Waals surface area contributed by atoms with E-state index in [4.69, 9.17) is 19.4 Å². The van der Waals surface area contributed by atoms with Crippen LogP contribution in [0.25, 0.3) is 33.4 Å². The summed E-state index contributed by atoms with van der Waals surface area (Å²) < 4.78 is 36.4. The number of alkyl halides is 2. The van der Waals surface area contributed by atoms with Crippen LogP contribution in [-0.2, 0) is 4.79 Å². The van der Waals surface area contributed by atoms with E-state index in [2.05, 4.69) is 20.8 Å². The van der Waals surface area contributed by atoms with Gasteiger partial charge in [0.2, 0.25) is 0 Å². The van der Waals surface area contributed by atoms with Crippen LogP contribution < -0.4 is 20.1 Å². The third-order valence-corrected chi connectivity index (χ3v) is 6.08. The first-order chi connectivity index (χ1) is 19.6. The van der Waals surface area contributed by atoms with E-state index in [1.165, 1.54) is 0 Å². The zero-order valence-electron chi connectivity index (χ0n) is 21.5.